The van der Waals surface area contributed by atoms with Gasteiger partial charge in [0.2, 0.25) is 0 Å². The Kier molecular flexibility index (Phi) is 5.09. The fourth-order valence-corrected chi connectivity index (χ4v) is 3.37. The normalized spacial score (nSPS) is 28.1. The lowest BCUT2D eigenvalue weighted by Crippen LogP contribution is -2.63. The first kappa shape index (κ1) is 15.8. The number of urea groups is 1. The number of piperidine rings is 1. The SMILES string of the molecule is C=C(Br)CNC(=O)N1CCC2(CC1)C(O)CC2OCC. The number of halogens is 1. The van der Waals surface area contributed by atoms with Crippen molar-refractivity contribution in [1.82, 2.24) is 10.2 Å². The molecular formula is C14H23BrN2O3. The first-order chi connectivity index (χ1) is 9.49. The summed E-state index contributed by atoms with van der Waals surface area (Å²) in [7, 11) is 0. The largest absolute Gasteiger partial charge is 0.392 e. The molecule has 0 aromatic carbocycles. The van der Waals surface area contributed by atoms with Crippen molar-refractivity contribution in [2.75, 3.05) is 26.2 Å². The van der Waals surface area contributed by atoms with Gasteiger partial charge in [0.15, 0.2) is 0 Å². The minimum Gasteiger partial charge on any atom is -0.392 e. The molecule has 1 heterocycles. The van der Waals surface area contributed by atoms with E-state index >= 15 is 0 Å². The molecule has 0 radical (unpaired) electrons. The Morgan fingerprint density at radius 3 is 2.70 bits per heavy atom. The highest BCUT2D eigenvalue weighted by molar-refractivity contribution is 9.11. The van der Waals surface area contributed by atoms with Gasteiger partial charge in [-0.15, -0.1) is 0 Å². The molecule has 2 amide bonds. The van der Waals surface area contributed by atoms with E-state index in [2.05, 4.69) is 27.8 Å². The van der Waals surface area contributed by atoms with Crippen molar-refractivity contribution in [2.24, 2.45) is 5.41 Å². The van der Waals surface area contributed by atoms with Crippen LogP contribution in [0.2, 0.25) is 0 Å². The third-order valence-electron chi connectivity index (χ3n) is 4.52. The first-order valence-corrected chi connectivity index (χ1v) is 7.94. The van der Waals surface area contributed by atoms with Crippen LogP contribution in [0.5, 0.6) is 0 Å². The van der Waals surface area contributed by atoms with E-state index in [4.69, 9.17) is 4.74 Å². The topological polar surface area (TPSA) is 61.8 Å². The second-order valence-electron chi connectivity index (χ2n) is 5.59. The third-order valence-corrected chi connectivity index (χ3v) is 4.80. The lowest BCUT2D eigenvalue weighted by atomic mass is 9.58. The summed E-state index contributed by atoms with van der Waals surface area (Å²) in [5, 5.41) is 12.9. The highest BCUT2D eigenvalue weighted by Gasteiger charge is 2.56. The third kappa shape index (κ3) is 3.02. The van der Waals surface area contributed by atoms with Gasteiger partial charge in [0, 0.05) is 36.0 Å². The molecule has 0 bridgehead atoms. The molecule has 0 aromatic rings. The van der Waals surface area contributed by atoms with E-state index in [-0.39, 0.29) is 23.7 Å². The number of hydrogen-bond donors (Lipinski definition) is 2. The molecule has 1 saturated carbocycles. The minimum atomic E-state index is -0.286. The Balaban J connectivity index is 1.85. The van der Waals surface area contributed by atoms with Gasteiger partial charge in [0.05, 0.1) is 18.8 Å². The second kappa shape index (κ2) is 6.45. The van der Waals surface area contributed by atoms with Gasteiger partial charge in [0.25, 0.3) is 0 Å². The fraction of sp³-hybridized carbons (Fsp3) is 0.786. The van der Waals surface area contributed by atoms with Crippen molar-refractivity contribution in [3.05, 3.63) is 11.1 Å². The summed E-state index contributed by atoms with van der Waals surface area (Å²) in [6, 6.07) is -0.0674. The average Bonchev–Trinajstić information content (AvgIpc) is 2.44. The van der Waals surface area contributed by atoms with Crippen LogP contribution in [0.3, 0.4) is 0 Å². The van der Waals surface area contributed by atoms with E-state index in [0.717, 1.165) is 23.7 Å². The van der Waals surface area contributed by atoms with Crippen LogP contribution >= 0.6 is 15.9 Å². The molecule has 114 valence electrons. The second-order valence-corrected chi connectivity index (χ2v) is 6.71. The Labute approximate surface area is 128 Å². The number of aliphatic hydroxyl groups excluding tert-OH is 1. The predicted molar refractivity (Wildman–Crippen MR) is 80.7 cm³/mol. The summed E-state index contributed by atoms with van der Waals surface area (Å²) in [6.07, 6.45) is 2.20. The molecule has 1 saturated heterocycles. The van der Waals surface area contributed by atoms with Gasteiger partial charge >= 0.3 is 6.03 Å². The molecule has 6 heteroatoms. The Morgan fingerprint density at radius 2 is 2.20 bits per heavy atom. The Bertz CT molecular complexity index is 379. The molecule has 0 aromatic heterocycles. The summed E-state index contributed by atoms with van der Waals surface area (Å²) >= 11 is 3.22. The van der Waals surface area contributed by atoms with Crippen LogP contribution in [0, 0.1) is 5.41 Å². The molecule has 1 aliphatic carbocycles. The van der Waals surface area contributed by atoms with Crippen LogP contribution < -0.4 is 5.32 Å². The number of nitrogens with one attached hydrogen (secondary N) is 1. The molecule has 2 atom stereocenters. The quantitative estimate of drug-likeness (QED) is 0.816. The molecular weight excluding hydrogens is 324 g/mol. The van der Waals surface area contributed by atoms with E-state index in [0.29, 0.717) is 26.2 Å². The van der Waals surface area contributed by atoms with E-state index in [9.17, 15) is 9.90 Å². The smallest absolute Gasteiger partial charge is 0.317 e. The van der Waals surface area contributed by atoms with Crippen LogP contribution in [0.4, 0.5) is 4.79 Å². The maximum absolute atomic E-state index is 12.0. The molecule has 2 rings (SSSR count). The van der Waals surface area contributed by atoms with E-state index in [1.807, 2.05) is 6.92 Å². The fourth-order valence-electron chi connectivity index (χ4n) is 3.23. The number of rotatable bonds is 4. The van der Waals surface area contributed by atoms with Crippen LogP contribution in [0.15, 0.2) is 11.1 Å². The summed E-state index contributed by atoms with van der Waals surface area (Å²) in [4.78, 5) is 13.8. The molecule has 2 unspecified atom stereocenters. The van der Waals surface area contributed by atoms with Gasteiger partial charge in [0.1, 0.15) is 0 Å². The van der Waals surface area contributed by atoms with Crippen molar-refractivity contribution in [2.45, 2.75) is 38.4 Å². The summed E-state index contributed by atoms with van der Waals surface area (Å²) in [6.45, 7) is 8.12. The van der Waals surface area contributed by atoms with Crippen molar-refractivity contribution in [1.29, 1.82) is 0 Å². The zero-order chi connectivity index (χ0) is 14.8. The monoisotopic (exact) mass is 346 g/mol. The van der Waals surface area contributed by atoms with E-state index in [1.54, 1.807) is 4.90 Å². The van der Waals surface area contributed by atoms with E-state index in [1.165, 1.54) is 0 Å². The first-order valence-electron chi connectivity index (χ1n) is 7.15. The van der Waals surface area contributed by atoms with Crippen molar-refractivity contribution >= 4 is 22.0 Å². The van der Waals surface area contributed by atoms with Gasteiger partial charge in [-0.3, -0.25) is 0 Å². The number of likely N-dealkylation sites (tertiary alicyclic amines) is 1. The average molecular weight is 347 g/mol. The Hall–Kier alpha value is -0.590. The molecule has 2 N–H and O–H groups in total. The minimum absolute atomic E-state index is 0.0674. The molecule has 2 aliphatic rings. The van der Waals surface area contributed by atoms with Gasteiger partial charge in [-0.05, 0) is 19.8 Å². The maximum atomic E-state index is 12.0. The zero-order valence-electron chi connectivity index (χ0n) is 11.9. The molecule has 20 heavy (non-hydrogen) atoms. The summed E-state index contributed by atoms with van der Waals surface area (Å²) in [5.41, 5.74) is -0.133. The number of nitrogens with zero attached hydrogens (tertiary/aromatic N) is 1. The number of hydrogen-bond acceptors (Lipinski definition) is 3. The van der Waals surface area contributed by atoms with Gasteiger partial charge in [-0.25, -0.2) is 4.79 Å². The highest BCUT2D eigenvalue weighted by Crippen LogP contribution is 2.50. The van der Waals surface area contributed by atoms with Crippen LogP contribution in [-0.4, -0.2) is 54.5 Å². The number of carbonyl (C=O) groups excluding carboxylic acids is 1. The highest BCUT2D eigenvalue weighted by atomic mass is 79.9. The van der Waals surface area contributed by atoms with Crippen LogP contribution in [0.1, 0.15) is 26.2 Å². The standard InChI is InChI=1S/C14H23BrN2O3/c1-3-20-12-8-11(18)14(12)4-6-17(7-5-14)13(19)16-9-10(2)15/h11-12,18H,2-9H2,1H3,(H,16,19). The summed E-state index contributed by atoms with van der Waals surface area (Å²) in [5.74, 6) is 0. The zero-order valence-corrected chi connectivity index (χ0v) is 13.5. The molecule has 2 fully saturated rings. The van der Waals surface area contributed by atoms with Gasteiger partial charge < -0.3 is 20.1 Å². The van der Waals surface area contributed by atoms with Gasteiger partial charge in [-0.2, -0.15) is 0 Å². The number of ether oxygens (including phenoxy) is 1. The maximum Gasteiger partial charge on any atom is 0.317 e. The van der Waals surface area contributed by atoms with Crippen molar-refractivity contribution in [3.8, 4) is 0 Å². The molecule has 1 spiro atoms. The number of aliphatic hydroxyl groups is 1. The summed E-state index contributed by atoms with van der Waals surface area (Å²) < 4.78 is 6.47. The number of amides is 2. The van der Waals surface area contributed by atoms with E-state index < -0.39 is 0 Å². The van der Waals surface area contributed by atoms with Gasteiger partial charge in [-0.1, -0.05) is 22.5 Å². The van der Waals surface area contributed by atoms with Crippen molar-refractivity contribution < 1.29 is 14.6 Å². The van der Waals surface area contributed by atoms with Crippen molar-refractivity contribution in [3.63, 3.8) is 0 Å². The molecule has 1 aliphatic heterocycles. The Morgan fingerprint density at radius 1 is 1.55 bits per heavy atom. The molecule has 5 nitrogen and oxygen atoms in total. The number of carbonyl (C=O) groups is 1. The lowest BCUT2D eigenvalue weighted by Gasteiger charge is -2.56. The van der Waals surface area contributed by atoms with Crippen LogP contribution in [-0.2, 0) is 4.74 Å². The lowest BCUT2D eigenvalue weighted by molar-refractivity contribution is -0.207. The predicted octanol–water partition coefficient (Wildman–Crippen LogP) is 1.86. The van der Waals surface area contributed by atoms with Crippen LogP contribution in [0.25, 0.3) is 0 Å².